The minimum Gasteiger partial charge on any atom is -0.497 e. The van der Waals surface area contributed by atoms with Gasteiger partial charge in [-0.15, -0.1) is 0 Å². The van der Waals surface area contributed by atoms with E-state index in [1.807, 2.05) is 0 Å². The third kappa shape index (κ3) is 2.54. The monoisotopic (exact) mass is 278 g/mol. The second-order valence-corrected chi connectivity index (χ2v) is 5.14. The summed E-state index contributed by atoms with van der Waals surface area (Å²) < 4.78 is 10.4. The molecule has 0 unspecified atom stereocenters. The van der Waals surface area contributed by atoms with E-state index in [9.17, 15) is 9.59 Å². The number of nitrogens with one attached hydrogen (secondary N) is 1. The van der Waals surface area contributed by atoms with Gasteiger partial charge in [-0.2, -0.15) is 0 Å². The third-order valence-electron chi connectivity index (χ3n) is 3.18. The van der Waals surface area contributed by atoms with Crippen LogP contribution in [0.1, 0.15) is 13.8 Å². The van der Waals surface area contributed by atoms with Crippen molar-refractivity contribution in [2.45, 2.75) is 19.4 Å². The Labute approximate surface area is 117 Å². The maximum Gasteiger partial charge on any atom is 0.252 e. The van der Waals surface area contributed by atoms with E-state index in [0.29, 0.717) is 17.2 Å². The largest absolute Gasteiger partial charge is 0.497 e. The summed E-state index contributed by atoms with van der Waals surface area (Å²) in [5, 5.41) is 2.67. The van der Waals surface area contributed by atoms with Crippen molar-refractivity contribution >= 4 is 17.5 Å². The Hall–Kier alpha value is -2.24. The zero-order chi connectivity index (χ0) is 14.9. The van der Waals surface area contributed by atoms with Gasteiger partial charge in [0.25, 0.3) is 5.91 Å². The highest BCUT2D eigenvalue weighted by molar-refractivity contribution is 6.08. The Morgan fingerprint density at radius 3 is 2.15 bits per heavy atom. The Morgan fingerprint density at radius 2 is 1.65 bits per heavy atom. The van der Waals surface area contributed by atoms with Crippen LogP contribution in [-0.4, -0.2) is 38.1 Å². The van der Waals surface area contributed by atoms with Crippen LogP contribution in [0.15, 0.2) is 18.2 Å². The normalized spacial score (nSPS) is 17.7. The van der Waals surface area contributed by atoms with Crippen LogP contribution in [-0.2, 0) is 9.59 Å². The number of carbonyl (C=O) groups excluding carboxylic acids is 2. The van der Waals surface area contributed by atoms with Crippen molar-refractivity contribution in [2.24, 2.45) is 0 Å². The van der Waals surface area contributed by atoms with Crippen molar-refractivity contribution in [3.8, 4) is 11.5 Å². The number of amides is 2. The van der Waals surface area contributed by atoms with Gasteiger partial charge in [0.15, 0.2) is 0 Å². The summed E-state index contributed by atoms with van der Waals surface area (Å²) >= 11 is 0. The Kier molecular flexibility index (Phi) is 3.57. The number of hydrogen-bond acceptors (Lipinski definition) is 4. The Balaban J connectivity index is 2.44. The molecule has 0 aromatic heterocycles. The summed E-state index contributed by atoms with van der Waals surface area (Å²) in [6.45, 7) is 3.34. The van der Waals surface area contributed by atoms with Crippen LogP contribution in [0.5, 0.6) is 11.5 Å². The lowest BCUT2D eigenvalue weighted by atomic mass is 10.00. The molecule has 2 amide bonds. The lowest BCUT2D eigenvalue weighted by Gasteiger charge is -2.37. The first kappa shape index (κ1) is 14.2. The lowest BCUT2D eigenvalue weighted by Crippen LogP contribution is -2.64. The second kappa shape index (κ2) is 5.03. The molecule has 1 aliphatic heterocycles. The number of piperazine rings is 1. The fourth-order valence-electron chi connectivity index (χ4n) is 2.15. The molecule has 0 atom stereocenters. The first-order valence-corrected chi connectivity index (χ1v) is 6.23. The highest BCUT2D eigenvalue weighted by Gasteiger charge is 2.39. The van der Waals surface area contributed by atoms with E-state index in [0.717, 1.165) is 0 Å². The molecule has 0 aliphatic carbocycles. The van der Waals surface area contributed by atoms with E-state index < -0.39 is 5.54 Å². The van der Waals surface area contributed by atoms with E-state index in [-0.39, 0.29) is 18.4 Å². The standard InChI is InChI=1S/C14H18N2O4/c1-14(2)13(18)16(8-12(17)15-14)9-5-10(19-3)7-11(6-9)20-4/h5-7H,8H2,1-4H3,(H,15,17). The molecule has 108 valence electrons. The summed E-state index contributed by atoms with van der Waals surface area (Å²) in [4.78, 5) is 25.6. The molecule has 0 saturated carbocycles. The van der Waals surface area contributed by atoms with Gasteiger partial charge in [0.2, 0.25) is 5.91 Å². The molecule has 0 spiro atoms. The molecular formula is C14H18N2O4. The molecule has 0 bridgehead atoms. The highest BCUT2D eigenvalue weighted by atomic mass is 16.5. The quantitative estimate of drug-likeness (QED) is 0.893. The molecule has 1 aliphatic rings. The van der Waals surface area contributed by atoms with E-state index in [4.69, 9.17) is 9.47 Å². The third-order valence-corrected chi connectivity index (χ3v) is 3.18. The molecule has 1 aromatic rings. The van der Waals surface area contributed by atoms with Gasteiger partial charge in [-0.1, -0.05) is 0 Å². The molecule has 6 heteroatoms. The van der Waals surface area contributed by atoms with E-state index in [1.165, 1.54) is 19.1 Å². The highest BCUT2D eigenvalue weighted by Crippen LogP contribution is 2.30. The molecule has 1 fully saturated rings. The second-order valence-electron chi connectivity index (χ2n) is 5.14. The van der Waals surface area contributed by atoms with Crippen LogP contribution in [0.25, 0.3) is 0 Å². The first-order chi connectivity index (χ1) is 9.37. The van der Waals surface area contributed by atoms with Crippen LogP contribution < -0.4 is 19.7 Å². The van der Waals surface area contributed by atoms with E-state index in [1.54, 1.807) is 32.0 Å². The van der Waals surface area contributed by atoms with Crippen molar-refractivity contribution < 1.29 is 19.1 Å². The van der Waals surface area contributed by atoms with Crippen molar-refractivity contribution in [1.82, 2.24) is 5.32 Å². The average molecular weight is 278 g/mol. The van der Waals surface area contributed by atoms with Crippen molar-refractivity contribution in [1.29, 1.82) is 0 Å². The topological polar surface area (TPSA) is 67.9 Å². The summed E-state index contributed by atoms with van der Waals surface area (Å²) in [7, 11) is 3.07. The van der Waals surface area contributed by atoms with Gasteiger partial charge >= 0.3 is 0 Å². The summed E-state index contributed by atoms with van der Waals surface area (Å²) in [5.41, 5.74) is -0.347. The van der Waals surface area contributed by atoms with Gasteiger partial charge in [0, 0.05) is 18.2 Å². The lowest BCUT2D eigenvalue weighted by molar-refractivity contribution is -0.134. The molecule has 1 N–H and O–H groups in total. The molecule has 1 saturated heterocycles. The molecule has 1 aromatic carbocycles. The number of benzene rings is 1. The zero-order valence-corrected chi connectivity index (χ0v) is 12.0. The maximum atomic E-state index is 12.4. The minimum absolute atomic E-state index is 0.0153. The number of anilines is 1. The van der Waals surface area contributed by atoms with Crippen molar-refractivity contribution in [3.63, 3.8) is 0 Å². The molecular weight excluding hydrogens is 260 g/mol. The van der Waals surface area contributed by atoms with E-state index >= 15 is 0 Å². The zero-order valence-electron chi connectivity index (χ0n) is 12.0. The average Bonchev–Trinajstić information content (AvgIpc) is 2.41. The fourth-order valence-corrected chi connectivity index (χ4v) is 2.15. The summed E-state index contributed by atoms with van der Waals surface area (Å²) in [6, 6.07) is 5.12. The molecule has 20 heavy (non-hydrogen) atoms. The maximum absolute atomic E-state index is 12.4. The van der Waals surface area contributed by atoms with Gasteiger partial charge in [-0.05, 0) is 13.8 Å². The first-order valence-electron chi connectivity index (χ1n) is 6.23. The van der Waals surface area contributed by atoms with Crippen LogP contribution >= 0.6 is 0 Å². The van der Waals surface area contributed by atoms with E-state index in [2.05, 4.69) is 5.32 Å². The van der Waals surface area contributed by atoms with Crippen molar-refractivity contribution in [3.05, 3.63) is 18.2 Å². The predicted octanol–water partition coefficient (Wildman–Crippen LogP) is 0.945. The van der Waals surface area contributed by atoms with Crippen LogP contribution in [0.3, 0.4) is 0 Å². The molecule has 0 radical (unpaired) electrons. The van der Waals surface area contributed by atoms with Gasteiger partial charge in [-0.3, -0.25) is 9.59 Å². The summed E-state index contributed by atoms with van der Waals surface area (Å²) in [6.07, 6.45) is 0. The number of hydrogen-bond donors (Lipinski definition) is 1. The van der Waals surface area contributed by atoms with Crippen LogP contribution in [0, 0.1) is 0 Å². The van der Waals surface area contributed by atoms with Crippen molar-refractivity contribution in [2.75, 3.05) is 25.7 Å². The van der Waals surface area contributed by atoms with Gasteiger partial charge in [0.05, 0.1) is 19.9 Å². The van der Waals surface area contributed by atoms with Crippen LogP contribution in [0.2, 0.25) is 0 Å². The number of carbonyl (C=O) groups is 2. The van der Waals surface area contributed by atoms with Gasteiger partial charge < -0.3 is 19.7 Å². The fraction of sp³-hybridized carbons (Fsp3) is 0.429. The Bertz CT molecular complexity index is 532. The summed E-state index contributed by atoms with van der Waals surface area (Å²) in [5.74, 6) is 0.760. The van der Waals surface area contributed by atoms with Crippen LogP contribution in [0.4, 0.5) is 5.69 Å². The van der Waals surface area contributed by atoms with Gasteiger partial charge in [-0.25, -0.2) is 0 Å². The molecule has 2 rings (SSSR count). The number of ether oxygens (including phenoxy) is 2. The predicted molar refractivity (Wildman–Crippen MR) is 74.1 cm³/mol. The minimum atomic E-state index is -0.925. The number of nitrogens with zero attached hydrogens (tertiary/aromatic N) is 1. The Morgan fingerprint density at radius 1 is 1.10 bits per heavy atom. The number of methoxy groups -OCH3 is 2. The number of rotatable bonds is 3. The smallest absolute Gasteiger partial charge is 0.252 e. The van der Waals surface area contributed by atoms with Gasteiger partial charge in [0.1, 0.15) is 23.6 Å². The SMILES string of the molecule is COc1cc(OC)cc(N2CC(=O)NC(C)(C)C2=O)c1. The molecule has 1 heterocycles. The molecule has 6 nitrogen and oxygen atoms in total.